The van der Waals surface area contributed by atoms with Crippen LogP contribution in [-0.4, -0.2) is 74.2 Å². The molecule has 10 nitrogen and oxygen atoms in total. The lowest BCUT2D eigenvalue weighted by molar-refractivity contribution is 0.00814. The predicted molar refractivity (Wildman–Crippen MR) is 150 cm³/mol. The van der Waals surface area contributed by atoms with Crippen LogP contribution in [0.5, 0.6) is 5.75 Å². The number of nitrogens with one attached hydrogen (secondary N) is 1. The molecule has 6 rings (SSSR count). The van der Waals surface area contributed by atoms with E-state index < -0.39 is 5.60 Å². The molecule has 4 aromatic heterocycles. The number of rotatable bonds is 4. The molecule has 6 heterocycles. The molecule has 10 heteroatoms. The third-order valence-electron chi connectivity index (χ3n) is 7.93. The number of hydrogen-bond acceptors (Lipinski definition) is 7. The summed E-state index contributed by atoms with van der Waals surface area (Å²) in [5.41, 5.74) is 3.47. The number of carbonyl (C=O) groups excluding carboxylic acids is 1. The van der Waals surface area contributed by atoms with Crippen LogP contribution in [0.4, 0.5) is 10.6 Å². The number of nitrogens with zero attached hydrogens (tertiary/aromatic N) is 6. The summed E-state index contributed by atoms with van der Waals surface area (Å²) in [7, 11) is 0. The van der Waals surface area contributed by atoms with Crippen LogP contribution >= 0.6 is 0 Å². The van der Waals surface area contributed by atoms with Crippen molar-refractivity contribution < 1.29 is 14.3 Å². The lowest BCUT2D eigenvalue weighted by atomic mass is 9.72. The van der Waals surface area contributed by atoms with Crippen LogP contribution in [0.1, 0.15) is 53.4 Å². The highest BCUT2D eigenvalue weighted by Gasteiger charge is 2.40. The van der Waals surface area contributed by atoms with Crippen molar-refractivity contribution >= 4 is 28.5 Å². The molecule has 206 valence electrons. The maximum Gasteiger partial charge on any atom is 0.410 e. The van der Waals surface area contributed by atoms with Gasteiger partial charge in [0.15, 0.2) is 5.65 Å². The zero-order valence-corrected chi connectivity index (χ0v) is 23.2. The zero-order valence-electron chi connectivity index (χ0n) is 23.2. The van der Waals surface area contributed by atoms with Crippen molar-refractivity contribution in [3.8, 4) is 16.9 Å². The van der Waals surface area contributed by atoms with E-state index in [0.717, 1.165) is 84.7 Å². The maximum absolute atomic E-state index is 12.6. The normalized spacial score (nSPS) is 17.7. The van der Waals surface area contributed by atoms with Gasteiger partial charge in [0.25, 0.3) is 0 Å². The van der Waals surface area contributed by atoms with Crippen molar-refractivity contribution in [3.63, 3.8) is 0 Å². The first kappa shape index (κ1) is 25.5. The first-order chi connectivity index (χ1) is 18.7. The number of H-pyrrole nitrogens is 1. The zero-order chi connectivity index (χ0) is 27.2. The Hall–Kier alpha value is -3.82. The lowest BCUT2D eigenvalue weighted by Crippen LogP contribution is -2.51. The molecule has 1 amide bonds. The van der Waals surface area contributed by atoms with Crippen LogP contribution in [-0.2, 0) is 4.74 Å². The van der Waals surface area contributed by atoms with E-state index in [1.165, 1.54) is 6.42 Å². The highest BCUT2D eigenvalue weighted by molar-refractivity contribution is 6.00. The fourth-order valence-electron chi connectivity index (χ4n) is 6.04. The van der Waals surface area contributed by atoms with E-state index >= 15 is 0 Å². The minimum absolute atomic E-state index is 0.198. The molecule has 39 heavy (non-hydrogen) atoms. The molecule has 1 spiro atoms. The molecule has 2 aliphatic heterocycles. The van der Waals surface area contributed by atoms with Crippen molar-refractivity contribution in [2.45, 2.75) is 59.0 Å². The standard InChI is InChI=1S/C29H37N7O3/c1-5-38-21-15-22(25-23-17-31-32-26(23)33-36(25)18-21)20-7-8-24(30-16-20)35-12-6-9-29(19-35)10-13-34(14-11-29)27(37)39-28(2,3)4/h7-8,15-18H,5-6,9-14,19H2,1-4H3,(H,32,33). The molecule has 2 aliphatic rings. The summed E-state index contributed by atoms with van der Waals surface area (Å²) < 4.78 is 13.3. The van der Waals surface area contributed by atoms with Gasteiger partial charge in [-0.05, 0) is 77.0 Å². The van der Waals surface area contributed by atoms with Crippen molar-refractivity contribution in [2.75, 3.05) is 37.7 Å². The average molecular weight is 532 g/mol. The number of amides is 1. The molecule has 0 aromatic carbocycles. The fraction of sp³-hybridized carbons (Fsp3) is 0.517. The Morgan fingerprint density at radius 2 is 1.95 bits per heavy atom. The van der Waals surface area contributed by atoms with Gasteiger partial charge in [0, 0.05) is 43.5 Å². The highest BCUT2D eigenvalue weighted by Crippen LogP contribution is 2.41. The maximum atomic E-state index is 12.6. The Bertz CT molecular complexity index is 1480. The molecule has 0 aliphatic carbocycles. The first-order valence-corrected chi connectivity index (χ1v) is 13.9. The topological polar surface area (TPSA) is 101 Å². The Morgan fingerprint density at radius 1 is 1.13 bits per heavy atom. The molecule has 0 bridgehead atoms. The van der Waals surface area contributed by atoms with Crippen LogP contribution in [0, 0.1) is 5.41 Å². The number of anilines is 1. The van der Waals surface area contributed by atoms with Crippen molar-refractivity contribution in [1.82, 2.24) is 29.7 Å². The van der Waals surface area contributed by atoms with Crippen LogP contribution in [0.2, 0.25) is 0 Å². The number of piperidine rings is 2. The molecule has 0 unspecified atom stereocenters. The number of carbonyl (C=O) groups is 1. The number of likely N-dealkylation sites (tertiary alicyclic amines) is 1. The van der Waals surface area contributed by atoms with Gasteiger partial charge in [-0.2, -0.15) is 5.10 Å². The molecule has 2 saturated heterocycles. The monoisotopic (exact) mass is 531 g/mol. The van der Waals surface area contributed by atoms with E-state index in [-0.39, 0.29) is 11.5 Å². The van der Waals surface area contributed by atoms with E-state index in [0.29, 0.717) is 6.61 Å². The van der Waals surface area contributed by atoms with Gasteiger partial charge in [-0.3, -0.25) is 5.10 Å². The predicted octanol–water partition coefficient (Wildman–Crippen LogP) is 5.29. The summed E-state index contributed by atoms with van der Waals surface area (Å²) in [6.45, 7) is 11.7. The smallest absolute Gasteiger partial charge is 0.410 e. The molecule has 0 saturated carbocycles. The highest BCUT2D eigenvalue weighted by atomic mass is 16.6. The quantitative estimate of drug-likeness (QED) is 0.382. The van der Waals surface area contributed by atoms with Gasteiger partial charge in [0.05, 0.1) is 29.9 Å². The number of fused-ring (bicyclic) bond motifs is 3. The number of ether oxygens (including phenoxy) is 2. The molecule has 0 radical (unpaired) electrons. The largest absolute Gasteiger partial charge is 0.492 e. The molecular formula is C29H37N7O3. The summed E-state index contributed by atoms with van der Waals surface area (Å²) in [6, 6.07) is 6.31. The average Bonchev–Trinajstić information content (AvgIpc) is 3.49. The summed E-state index contributed by atoms with van der Waals surface area (Å²) in [4.78, 5) is 21.8. The molecular weight excluding hydrogens is 494 g/mol. The molecule has 1 N–H and O–H groups in total. The lowest BCUT2D eigenvalue weighted by Gasteiger charge is -2.48. The van der Waals surface area contributed by atoms with Crippen molar-refractivity contribution in [3.05, 3.63) is 36.8 Å². The van der Waals surface area contributed by atoms with Crippen molar-refractivity contribution in [2.24, 2.45) is 5.41 Å². The molecule has 0 atom stereocenters. The second-order valence-corrected chi connectivity index (χ2v) is 11.8. The Kier molecular flexibility index (Phi) is 6.35. The third-order valence-corrected chi connectivity index (χ3v) is 7.93. The third kappa shape index (κ3) is 4.99. The Labute approximate surface area is 228 Å². The number of aromatic nitrogens is 5. The second-order valence-electron chi connectivity index (χ2n) is 11.8. The minimum Gasteiger partial charge on any atom is -0.492 e. The summed E-state index contributed by atoms with van der Waals surface area (Å²) >= 11 is 0. The summed E-state index contributed by atoms with van der Waals surface area (Å²) in [5.74, 6) is 1.75. The Morgan fingerprint density at radius 3 is 2.67 bits per heavy atom. The van der Waals surface area contributed by atoms with Gasteiger partial charge in [-0.15, -0.1) is 5.10 Å². The van der Waals surface area contributed by atoms with Gasteiger partial charge in [-0.25, -0.2) is 14.3 Å². The van der Waals surface area contributed by atoms with Gasteiger partial charge in [0.1, 0.15) is 17.2 Å². The number of aromatic amines is 1. The molecule has 4 aromatic rings. The van der Waals surface area contributed by atoms with Crippen LogP contribution in [0.25, 0.3) is 27.7 Å². The number of pyridine rings is 2. The van der Waals surface area contributed by atoms with E-state index in [2.05, 4.69) is 38.4 Å². The van der Waals surface area contributed by atoms with Crippen molar-refractivity contribution in [1.29, 1.82) is 0 Å². The van der Waals surface area contributed by atoms with Gasteiger partial charge in [0.2, 0.25) is 0 Å². The first-order valence-electron chi connectivity index (χ1n) is 13.9. The SMILES string of the molecule is CCOc1cc(-c2ccc(N3CCCC4(CCN(C(=O)OC(C)(C)C)CC4)C3)nc2)c2c3cn[nH]c3nn2c1. The Balaban J connectivity index is 1.21. The fourth-order valence-corrected chi connectivity index (χ4v) is 6.04. The molecule has 2 fully saturated rings. The van der Waals surface area contributed by atoms with E-state index in [1.54, 1.807) is 0 Å². The van der Waals surface area contributed by atoms with Gasteiger partial charge >= 0.3 is 6.09 Å². The van der Waals surface area contributed by atoms with Gasteiger partial charge < -0.3 is 19.3 Å². The van der Waals surface area contributed by atoms with Gasteiger partial charge in [-0.1, -0.05) is 0 Å². The van der Waals surface area contributed by atoms with Crippen LogP contribution in [0.3, 0.4) is 0 Å². The minimum atomic E-state index is -0.468. The number of hydrogen-bond donors (Lipinski definition) is 1. The van der Waals surface area contributed by atoms with Crippen LogP contribution < -0.4 is 9.64 Å². The summed E-state index contributed by atoms with van der Waals surface area (Å²) in [5, 5.41) is 12.7. The van der Waals surface area contributed by atoms with E-state index in [9.17, 15) is 4.79 Å². The van der Waals surface area contributed by atoms with E-state index in [1.807, 2.05) is 55.7 Å². The van der Waals surface area contributed by atoms with Crippen LogP contribution in [0.15, 0.2) is 36.8 Å². The summed E-state index contributed by atoms with van der Waals surface area (Å²) in [6.07, 6.45) is 9.76. The second kappa shape index (κ2) is 9.73. The van der Waals surface area contributed by atoms with E-state index in [4.69, 9.17) is 14.5 Å².